The number of likely N-dealkylation sites (N-methyl/N-ethyl adjacent to an activating group) is 1. The molecule has 5 nitrogen and oxygen atoms in total. The van der Waals surface area contributed by atoms with Crippen LogP contribution in [0.15, 0.2) is 60.7 Å². The molecule has 4 unspecified atom stereocenters. The van der Waals surface area contributed by atoms with Crippen molar-refractivity contribution in [3.8, 4) is 6.07 Å². The Labute approximate surface area is 142 Å². The van der Waals surface area contributed by atoms with Gasteiger partial charge < -0.3 is 0 Å². The van der Waals surface area contributed by atoms with Crippen molar-refractivity contribution in [3.05, 3.63) is 71.8 Å². The van der Waals surface area contributed by atoms with Gasteiger partial charge in [-0.1, -0.05) is 60.7 Å². The van der Waals surface area contributed by atoms with E-state index in [4.69, 9.17) is 9.05 Å². The van der Waals surface area contributed by atoms with Crippen molar-refractivity contribution in [2.75, 3.05) is 7.05 Å². The molecule has 0 N–H and O–H groups in total. The lowest BCUT2D eigenvalue weighted by Crippen LogP contribution is -2.24. The largest absolute Gasteiger partial charge is 0.410 e. The summed E-state index contributed by atoms with van der Waals surface area (Å²) in [6, 6.07) is 20.6. The molecule has 0 bridgehead atoms. The highest BCUT2D eigenvalue weighted by atomic mass is 31.2. The second-order valence-corrected chi connectivity index (χ2v) is 7.73. The van der Waals surface area contributed by atoms with Gasteiger partial charge in [-0.05, 0) is 25.1 Å². The van der Waals surface area contributed by atoms with Gasteiger partial charge in [0.15, 0.2) is 6.10 Å². The Kier molecular flexibility index (Phi) is 4.84. The third kappa shape index (κ3) is 3.15. The zero-order valence-electron chi connectivity index (χ0n) is 13.6. The maximum atomic E-state index is 13.2. The number of rotatable bonds is 4. The Balaban J connectivity index is 1.85. The van der Waals surface area contributed by atoms with Crippen molar-refractivity contribution in [3.63, 3.8) is 0 Å². The summed E-state index contributed by atoms with van der Waals surface area (Å²) in [4.78, 5) is 0. The van der Waals surface area contributed by atoms with Crippen molar-refractivity contribution >= 4 is 7.75 Å². The van der Waals surface area contributed by atoms with Gasteiger partial charge in [0.1, 0.15) is 6.10 Å². The van der Waals surface area contributed by atoms with Gasteiger partial charge in [0.05, 0.1) is 6.07 Å². The quantitative estimate of drug-likeness (QED) is 0.767. The fraction of sp³-hybridized carbons (Fsp3) is 0.278. The molecule has 3 rings (SSSR count). The Morgan fingerprint density at radius 1 is 1.17 bits per heavy atom. The average Bonchev–Trinajstić information content (AvgIpc) is 2.86. The summed E-state index contributed by atoms with van der Waals surface area (Å²) in [7, 11) is -1.86. The van der Waals surface area contributed by atoms with Crippen LogP contribution < -0.4 is 0 Å². The standard InChI is InChI=1S/C18H19N2O3P/c1-14-18(16-11-7-4-8-12-16)23-24(21,20(14)2)22-17(13-19)15-9-5-3-6-10-15/h3-12,14,17-18H,1-2H3. The minimum absolute atomic E-state index is 0.131. The van der Waals surface area contributed by atoms with Gasteiger partial charge in [-0.2, -0.15) is 5.26 Å². The van der Waals surface area contributed by atoms with Crippen LogP contribution in [-0.2, 0) is 13.6 Å². The predicted molar refractivity (Wildman–Crippen MR) is 91.0 cm³/mol. The molecule has 2 aromatic carbocycles. The summed E-state index contributed by atoms with van der Waals surface area (Å²) >= 11 is 0. The van der Waals surface area contributed by atoms with Gasteiger partial charge in [-0.15, -0.1) is 0 Å². The van der Waals surface area contributed by atoms with E-state index >= 15 is 0 Å². The Bertz CT molecular complexity index is 776. The molecule has 1 aliphatic rings. The van der Waals surface area contributed by atoms with Crippen LogP contribution in [0.4, 0.5) is 0 Å². The van der Waals surface area contributed by atoms with Crippen LogP contribution in [0.25, 0.3) is 0 Å². The Hall–Kier alpha value is -1.96. The van der Waals surface area contributed by atoms with E-state index in [0.717, 1.165) is 5.56 Å². The molecule has 0 radical (unpaired) electrons. The summed E-state index contributed by atoms with van der Waals surface area (Å²) in [5.74, 6) is 0. The van der Waals surface area contributed by atoms with Gasteiger partial charge in [0, 0.05) is 6.04 Å². The van der Waals surface area contributed by atoms with E-state index in [0.29, 0.717) is 5.56 Å². The molecule has 4 atom stereocenters. The van der Waals surface area contributed by atoms with Gasteiger partial charge in [-0.25, -0.2) is 9.24 Å². The third-order valence-corrected chi connectivity index (χ3v) is 6.35. The van der Waals surface area contributed by atoms with Gasteiger partial charge in [0.2, 0.25) is 0 Å². The molecule has 0 aromatic heterocycles. The van der Waals surface area contributed by atoms with Crippen LogP contribution in [0.3, 0.4) is 0 Å². The number of nitriles is 1. The lowest BCUT2D eigenvalue weighted by atomic mass is 10.0. The van der Waals surface area contributed by atoms with Crippen LogP contribution in [-0.4, -0.2) is 17.8 Å². The summed E-state index contributed by atoms with van der Waals surface area (Å²) in [5, 5.41) is 9.42. The molecule has 1 fully saturated rings. The van der Waals surface area contributed by atoms with Gasteiger partial charge in [0.25, 0.3) is 0 Å². The van der Waals surface area contributed by atoms with Crippen molar-refractivity contribution in [1.82, 2.24) is 4.67 Å². The van der Waals surface area contributed by atoms with Crippen LogP contribution in [0, 0.1) is 11.3 Å². The van der Waals surface area contributed by atoms with Crippen LogP contribution in [0.5, 0.6) is 0 Å². The molecule has 1 heterocycles. The first-order chi connectivity index (χ1) is 11.5. The predicted octanol–water partition coefficient (Wildman–Crippen LogP) is 4.47. The van der Waals surface area contributed by atoms with Crippen LogP contribution in [0.2, 0.25) is 0 Å². The van der Waals surface area contributed by atoms with Gasteiger partial charge >= 0.3 is 7.75 Å². The maximum absolute atomic E-state index is 13.2. The lowest BCUT2D eigenvalue weighted by molar-refractivity contribution is 0.154. The first-order valence-electron chi connectivity index (χ1n) is 7.75. The topological polar surface area (TPSA) is 62.6 Å². The first-order valence-corrected chi connectivity index (χ1v) is 9.24. The van der Waals surface area contributed by atoms with Gasteiger partial charge in [-0.3, -0.25) is 9.05 Å². The molecule has 0 spiro atoms. The minimum atomic E-state index is -3.57. The average molecular weight is 342 g/mol. The molecule has 2 aromatic rings. The highest BCUT2D eigenvalue weighted by Gasteiger charge is 2.49. The lowest BCUT2D eigenvalue weighted by Gasteiger charge is -2.22. The molecule has 1 saturated heterocycles. The second kappa shape index (κ2) is 6.88. The molecule has 6 heteroatoms. The highest BCUT2D eigenvalue weighted by Crippen LogP contribution is 2.64. The minimum Gasteiger partial charge on any atom is -0.287 e. The van der Waals surface area contributed by atoms with Crippen LogP contribution in [0.1, 0.15) is 30.3 Å². The number of benzene rings is 2. The third-order valence-electron chi connectivity index (χ3n) is 4.25. The zero-order chi connectivity index (χ0) is 17.2. The van der Waals surface area contributed by atoms with Crippen molar-refractivity contribution < 1.29 is 13.6 Å². The van der Waals surface area contributed by atoms with E-state index in [2.05, 4.69) is 6.07 Å². The fourth-order valence-corrected chi connectivity index (χ4v) is 4.66. The highest BCUT2D eigenvalue weighted by molar-refractivity contribution is 7.51. The van der Waals surface area contributed by atoms with E-state index in [1.165, 1.54) is 0 Å². The van der Waals surface area contributed by atoms with E-state index < -0.39 is 13.9 Å². The monoisotopic (exact) mass is 342 g/mol. The van der Waals surface area contributed by atoms with E-state index in [-0.39, 0.29) is 12.1 Å². The molecule has 0 aliphatic carbocycles. The molecule has 24 heavy (non-hydrogen) atoms. The number of nitrogens with zero attached hydrogens (tertiary/aromatic N) is 2. The van der Waals surface area contributed by atoms with E-state index in [9.17, 15) is 9.83 Å². The number of hydrogen-bond acceptors (Lipinski definition) is 4. The second-order valence-electron chi connectivity index (χ2n) is 5.74. The molecular weight excluding hydrogens is 323 g/mol. The van der Waals surface area contributed by atoms with Crippen LogP contribution >= 0.6 is 7.75 Å². The molecule has 124 valence electrons. The first kappa shape index (κ1) is 16.9. The van der Waals surface area contributed by atoms with Crippen molar-refractivity contribution in [2.45, 2.75) is 25.2 Å². The summed E-state index contributed by atoms with van der Waals surface area (Å²) < 4.78 is 26.3. The fourth-order valence-electron chi connectivity index (χ4n) is 2.73. The SMILES string of the molecule is CC1C(c2ccccc2)OP(=O)(OC(C#N)c2ccccc2)N1C. The molecule has 1 aliphatic heterocycles. The smallest absolute Gasteiger partial charge is 0.287 e. The maximum Gasteiger partial charge on any atom is 0.410 e. The summed E-state index contributed by atoms with van der Waals surface area (Å²) in [6.07, 6.45) is -1.31. The zero-order valence-corrected chi connectivity index (χ0v) is 14.5. The Morgan fingerprint density at radius 3 is 2.33 bits per heavy atom. The molecule has 0 amide bonds. The molecular formula is C18H19N2O3P. The normalized spacial score (nSPS) is 28.4. The van der Waals surface area contributed by atoms with E-state index in [1.54, 1.807) is 23.9 Å². The number of hydrogen-bond donors (Lipinski definition) is 0. The molecule has 0 saturated carbocycles. The van der Waals surface area contributed by atoms with E-state index in [1.807, 2.05) is 55.5 Å². The summed E-state index contributed by atoms with van der Waals surface area (Å²) in [5.41, 5.74) is 1.59. The van der Waals surface area contributed by atoms with Crippen molar-refractivity contribution in [2.24, 2.45) is 0 Å². The Morgan fingerprint density at radius 2 is 1.75 bits per heavy atom. The summed E-state index contributed by atoms with van der Waals surface area (Å²) in [6.45, 7) is 1.94. The van der Waals surface area contributed by atoms with Crippen molar-refractivity contribution in [1.29, 1.82) is 5.26 Å².